The number of nitriles is 1. The largest absolute Gasteiger partial charge is 0.326 e. The molecule has 0 aliphatic heterocycles. The molecule has 0 bridgehead atoms. The minimum absolute atomic E-state index is 0.00640. The van der Waals surface area contributed by atoms with Crippen molar-refractivity contribution < 1.29 is 9.59 Å². The first-order valence-electron chi connectivity index (χ1n) is 9.48. The number of fused-ring (bicyclic) bond motifs is 1. The van der Waals surface area contributed by atoms with Gasteiger partial charge >= 0.3 is 0 Å². The van der Waals surface area contributed by atoms with Gasteiger partial charge < -0.3 is 10.6 Å². The Kier molecular flexibility index (Phi) is 7.12. The summed E-state index contributed by atoms with van der Waals surface area (Å²) >= 11 is 2.95. The van der Waals surface area contributed by atoms with E-state index in [9.17, 15) is 14.9 Å². The van der Waals surface area contributed by atoms with Gasteiger partial charge in [0, 0.05) is 21.9 Å². The predicted octanol–water partition coefficient (Wildman–Crippen LogP) is 4.97. The topological polar surface area (TPSA) is 82.0 Å². The number of nitrogens with zero attached hydrogens (tertiary/aromatic N) is 1. The fourth-order valence-electron chi connectivity index (χ4n) is 3.20. The van der Waals surface area contributed by atoms with Crippen LogP contribution in [0.25, 0.3) is 0 Å². The van der Waals surface area contributed by atoms with Crippen molar-refractivity contribution in [2.45, 2.75) is 50.3 Å². The van der Waals surface area contributed by atoms with Gasteiger partial charge in [0.15, 0.2) is 0 Å². The predicted molar refractivity (Wildman–Crippen MR) is 115 cm³/mol. The standard InChI is InChI=1S/C21H23N3O2S2/c1-2-6-19(25)23-14-7-5-8-15(11-14)27-13-20(26)24-21-17(12-22)16-9-3-4-10-18(16)28-21/h5,7-8,11H,2-4,6,9-10,13H2,1H3,(H,23,25)(H,24,26). The second-order valence-corrected chi connectivity index (χ2v) is 8.84. The Balaban J connectivity index is 1.59. The Labute approximate surface area is 173 Å². The van der Waals surface area contributed by atoms with Gasteiger partial charge in [0.25, 0.3) is 0 Å². The number of hydrogen-bond donors (Lipinski definition) is 2. The van der Waals surface area contributed by atoms with Gasteiger partial charge in [0.2, 0.25) is 11.8 Å². The van der Waals surface area contributed by atoms with Crippen LogP contribution in [0, 0.1) is 11.3 Å². The average Bonchev–Trinajstić information content (AvgIpc) is 3.03. The highest BCUT2D eigenvalue weighted by Gasteiger charge is 2.21. The van der Waals surface area contributed by atoms with Crippen molar-refractivity contribution in [3.63, 3.8) is 0 Å². The number of hydrogen-bond acceptors (Lipinski definition) is 5. The van der Waals surface area contributed by atoms with Gasteiger partial charge in [0.05, 0.1) is 11.3 Å². The van der Waals surface area contributed by atoms with E-state index in [2.05, 4.69) is 16.7 Å². The van der Waals surface area contributed by atoms with Gasteiger partial charge in [-0.1, -0.05) is 13.0 Å². The smallest absolute Gasteiger partial charge is 0.235 e. The molecule has 1 aromatic heterocycles. The van der Waals surface area contributed by atoms with Crippen LogP contribution in [0.4, 0.5) is 10.7 Å². The Morgan fingerprint density at radius 1 is 1.21 bits per heavy atom. The lowest BCUT2D eigenvalue weighted by Gasteiger charge is -2.09. The highest BCUT2D eigenvalue weighted by Crippen LogP contribution is 2.37. The molecule has 0 saturated carbocycles. The van der Waals surface area contributed by atoms with Crippen molar-refractivity contribution in [1.82, 2.24) is 0 Å². The summed E-state index contributed by atoms with van der Waals surface area (Å²) in [5.74, 6) is 0.119. The molecule has 1 aromatic carbocycles. The Morgan fingerprint density at radius 3 is 2.82 bits per heavy atom. The average molecular weight is 414 g/mol. The molecule has 28 heavy (non-hydrogen) atoms. The van der Waals surface area contributed by atoms with Crippen molar-refractivity contribution in [2.75, 3.05) is 16.4 Å². The molecule has 3 rings (SSSR count). The van der Waals surface area contributed by atoms with Crippen molar-refractivity contribution in [2.24, 2.45) is 0 Å². The molecule has 5 nitrogen and oxygen atoms in total. The molecule has 1 aliphatic carbocycles. The molecule has 1 heterocycles. The van der Waals surface area contributed by atoms with Gasteiger partial charge in [-0.15, -0.1) is 23.1 Å². The number of aryl methyl sites for hydroxylation is 1. The third-order valence-corrected chi connectivity index (χ3v) is 6.70. The molecule has 0 radical (unpaired) electrons. The van der Waals surface area contributed by atoms with E-state index in [4.69, 9.17) is 0 Å². The summed E-state index contributed by atoms with van der Waals surface area (Å²) in [6.45, 7) is 1.96. The van der Waals surface area contributed by atoms with E-state index in [1.54, 1.807) is 0 Å². The maximum atomic E-state index is 12.4. The molecule has 1 aliphatic rings. The third-order valence-electron chi connectivity index (χ3n) is 4.50. The maximum Gasteiger partial charge on any atom is 0.235 e. The van der Waals surface area contributed by atoms with Crippen LogP contribution >= 0.6 is 23.1 Å². The molecular weight excluding hydrogens is 390 g/mol. The first-order chi connectivity index (χ1) is 13.6. The van der Waals surface area contributed by atoms with Gasteiger partial charge in [-0.2, -0.15) is 5.26 Å². The van der Waals surface area contributed by atoms with Crippen LogP contribution in [0.2, 0.25) is 0 Å². The van der Waals surface area contributed by atoms with E-state index in [-0.39, 0.29) is 17.6 Å². The number of nitrogens with one attached hydrogen (secondary N) is 2. The molecule has 2 N–H and O–H groups in total. The molecule has 0 fully saturated rings. The van der Waals surface area contributed by atoms with Crippen molar-refractivity contribution in [3.05, 3.63) is 40.3 Å². The molecule has 7 heteroatoms. The number of carbonyl (C=O) groups is 2. The lowest BCUT2D eigenvalue weighted by atomic mass is 9.96. The second-order valence-electron chi connectivity index (χ2n) is 6.69. The maximum absolute atomic E-state index is 12.4. The zero-order valence-electron chi connectivity index (χ0n) is 15.8. The number of amides is 2. The number of rotatable bonds is 7. The van der Waals surface area contributed by atoms with Gasteiger partial charge in [0.1, 0.15) is 11.1 Å². The summed E-state index contributed by atoms with van der Waals surface area (Å²) in [4.78, 5) is 26.3. The molecule has 2 amide bonds. The van der Waals surface area contributed by atoms with Crippen molar-refractivity contribution in [3.8, 4) is 6.07 Å². The molecule has 0 atom stereocenters. The highest BCUT2D eigenvalue weighted by atomic mass is 32.2. The van der Waals surface area contributed by atoms with Crippen molar-refractivity contribution in [1.29, 1.82) is 5.26 Å². The Hall–Kier alpha value is -2.30. The SMILES string of the molecule is CCCC(=O)Nc1cccc(SCC(=O)Nc2sc3c(c2C#N)CCCC3)c1. The van der Waals surface area contributed by atoms with Crippen LogP contribution in [0.5, 0.6) is 0 Å². The monoisotopic (exact) mass is 413 g/mol. The normalized spacial score (nSPS) is 12.7. The lowest BCUT2D eigenvalue weighted by molar-refractivity contribution is -0.116. The van der Waals surface area contributed by atoms with Gasteiger partial charge in [-0.05, 0) is 55.9 Å². The molecule has 0 unspecified atom stereocenters. The van der Waals surface area contributed by atoms with Crippen LogP contribution in [0.15, 0.2) is 29.2 Å². The van der Waals surface area contributed by atoms with E-state index >= 15 is 0 Å². The fraction of sp³-hybridized carbons (Fsp3) is 0.381. The van der Waals surface area contributed by atoms with Crippen LogP contribution in [0.3, 0.4) is 0 Å². The van der Waals surface area contributed by atoms with E-state index in [1.165, 1.54) is 28.0 Å². The summed E-state index contributed by atoms with van der Waals surface area (Å²) in [6, 6.07) is 9.76. The number of anilines is 2. The first kappa shape index (κ1) is 20.4. The van der Waals surface area contributed by atoms with E-state index < -0.39 is 0 Å². The molecule has 0 saturated heterocycles. The van der Waals surface area contributed by atoms with E-state index in [0.717, 1.165) is 48.3 Å². The zero-order chi connectivity index (χ0) is 19.9. The van der Waals surface area contributed by atoms with Gasteiger partial charge in [-0.3, -0.25) is 9.59 Å². The highest BCUT2D eigenvalue weighted by molar-refractivity contribution is 8.00. The number of carbonyl (C=O) groups excluding carboxylic acids is 2. The first-order valence-corrected chi connectivity index (χ1v) is 11.3. The van der Waals surface area contributed by atoms with Crippen LogP contribution in [0.1, 0.15) is 48.6 Å². The lowest BCUT2D eigenvalue weighted by Crippen LogP contribution is -2.14. The zero-order valence-corrected chi connectivity index (χ0v) is 17.5. The minimum Gasteiger partial charge on any atom is -0.326 e. The third kappa shape index (κ3) is 5.15. The Morgan fingerprint density at radius 2 is 2.04 bits per heavy atom. The van der Waals surface area contributed by atoms with Crippen LogP contribution < -0.4 is 10.6 Å². The summed E-state index contributed by atoms with van der Waals surface area (Å²) in [5, 5.41) is 16.0. The van der Waals surface area contributed by atoms with E-state index in [1.807, 2.05) is 31.2 Å². The summed E-state index contributed by atoms with van der Waals surface area (Å²) in [5.41, 5.74) is 2.50. The molecular formula is C21H23N3O2S2. The van der Waals surface area contributed by atoms with Gasteiger partial charge in [-0.25, -0.2) is 0 Å². The molecule has 0 spiro atoms. The quantitative estimate of drug-likeness (QED) is 0.628. The summed E-state index contributed by atoms with van der Waals surface area (Å²) in [6.07, 6.45) is 5.47. The second kappa shape index (κ2) is 9.76. The minimum atomic E-state index is -0.125. The number of thioether (sulfide) groups is 1. The van der Waals surface area contributed by atoms with E-state index in [0.29, 0.717) is 17.0 Å². The molecule has 2 aromatic rings. The Bertz CT molecular complexity index is 915. The summed E-state index contributed by atoms with van der Waals surface area (Å²) < 4.78 is 0. The van der Waals surface area contributed by atoms with Crippen LogP contribution in [-0.4, -0.2) is 17.6 Å². The molecule has 146 valence electrons. The number of thiophene rings is 1. The van der Waals surface area contributed by atoms with Crippen LogP contribution in [-0.2, 0) is 22.4 Å². The van der Waals surface area contributed by atoms with Crippen molar-refractivity contribution >= 4 is 45.6 Å². The fourth-order valence-corrected chi connectivity index (χ4v) is 5.21. The summed E-state index contributed by atoms with van der Waals surface area (Å²) in [7, 11) is 0. The number of benzene rings is 1.